The molecule has 0 saturated carbocycles. The molecule has 1 aromatic carbocycles. The Labute approximate surface area is 129 Å². The molecule has 22 heavy (non-hydrogen) atoms. The summed E-state index contributed by atoms with van der Waals surface area (Å²) in [6, 6.07) is 6.53. The van der Waals surface area contributed by atoms with Crippen LogP contribution in [0.1, 0.15) is 43.6 Å². The summed E-state index contributed by atoms with van der Waals surface area (Å²) in [4.78, 5) is 37.9. The highest BCUT2D eigenvalue weighted by Crippen LogP contribution is 2.41. The van der Waals surface area contributed by atoms with Crippen LogP contribution in [0.2, 0.25) is 0 Å². The summed E-state index contributed by atoms with van der Waals surface area (Å²) in [6.45, 7) is 6.63. The number of esters is 1. The van der Waals surface area contributed by atoms with Crippen LogP contribution in [0, 0.1) is 0 Å². The predicted molar refractivity (Wildman–Crippen MR) is 82.4 cm³/mol. The van der Waals surface area contributed by atoms with Gasteiger partial charge >= 0.3 is 5.97 Å². The summed E-state index contributed by atoms with van der Waals surface area (Å²) in [6.07, 6.45) is 3.22. The number of carbonyl (C=O) groups excluding carboxylic acids is 3. The fraction of sp³-hybridized carbons (Fsp3) is 0.278. The normalized spacial score (nSPS) is 21.4. The topological polar surface area (TPSA) is 60.4 Å². The van der Waals surface area contributed by atoms with E-state index in [9.17, 15) is 14.4 Å². The fourth-order valence-corrected chi connectivity index (χ4v) is 2.48. The first-order chi connectivity index (χ1) is 10.4. The van der Waals surface area contributed by atoms with Crippen LogP contribution >= 0.6 is 0 Å². The minimum Gasteiger partial charge on any atom is -0.433 e. The second kappa shape index (κ2) is 5.72. The minimum atomic E-state index is -1.90. The van der Waals surface area contributed by atoms with Gasteiger partial charge in [0.1, 0.15) is 0 Å². The van der Waals surface area contributed by atoms with Crippen molar-refractivity contribution in [3.8, 4) is 0 Å². The molecule has 1 aliphatic heterocycles. The van der Waals surface area contributed by atoms with Crippen LogP contribution in [-0.2, 0) is 19.9 Å². The Kier molecular flexibility index (Phi) is 4.13. The number of carbonyl (C=O) groups is 3. The summed E-state index contributed by atoms with van der Waals surface area (Å²) >= 11 is 0. The second-order valence-electron chi connectivity index (χ2n) is 5.22. The number of benzene rings is 1. The Balaban J connectivity index is 2.78. The Morgan fingerprint density at radius 1 is 1.00 bits per heavy atom. The summed E-state index contributed by atoms with van der Waals surface area (Å²) in [5.41, 5.74) is -0.571. The molecular formula is C18H18O4. The molecule has 0 fully saturated rings. The molecule has 2 rings (SSSR count). The van der Waals surface area contributed by atoms with Gasteiger partial charge in [-0.25, -0.2) is 4.79 Å². The van der Waals surface area contributed by atoms with Gasteiger partial charge < -0.3 is 4.74 Å². The Morgan fingerprint density at radius 3 is 2.00 bits per heavy atom. The van der Waals surface area contributed by atoms with Crippen LogP contribution in [-0.4, -0.2) is 17.5 Å². The molecule has 0 unspecified atom stereocenters. The number of Topliss-reactive ketones (excluding diaryl/α,β-unsaturated/α-hetero) is 2. The van der Waals surface area contributed by atoms with Crippen LogP contribution in [0.3, 0.4) is 0 Å². The molecule has 0 spiro atoms. The highest BCUT2D eigenvalue weighted by atomic mass is 16.6. The number of ketones is 2. The van der Waals surface area contributed by atoms with Crippen molar-refractivity contribution in [2.24, 2.45) is 0 Å². The van der Waals surface area contributed by atoms with E-state index in [0.717, 1.165) is 0 Å². The smallest absolute Gasteiger partial charge is 0.340 e. The first kappa shape index (κ1) is 15.9. The summed E-state index contributed by atoms with van der Waals surface area (Å²) < 4.78 is 5.37. The monoisotopic (exact) mass is 298 g/mol. The van der Waals surface area contributed by atoms with Crippen molar-refractivity contribution in [3.63, 3.8) is 0 Å². The van der Waals surface area contributed by atoms with Gasteiger partial charge in [0.2, 0.25) is 11.6 Å². The summed E-state index contributed by atoms with van der Waals surface area (Å²) in [7, 11) is 0. The minimum absolute atomic E-state index is 0.261. The average molecular weight is 298 g/mol. The Morgan fingerprint density at radius 2 is 1.50 bits per heavy atom. The molecule has 4 heteroatoms. The Bertz CT molecular complexity index is 692. The zero-order chi connectivity index (χ0) is 16.5. The lowest BCUT2D eigenvalue weighted by molar-refractivity contribution is -0.146. The first-order valence-electron chi connectivity index (χ1n) is 7.08. The Hall–Kier alpha value is -2.49. The maximum absolute atomic E-state index is 12.9. The molecule has 0 amide bonds. The second-order valence-corrected chi connectivity index (χ2v) is 5.22. The van der Waals surface area contributed by atoms with Crippen LogP contribution in [0.4, 0.5) is 0 Å². The van der Waals surface area contributed by atoms with E-state index >= 15 is 0 Å². The molecule has 1 aromatic rings. The SMILES string of the molecule is C/C=C(/C)C(=O)C1(C(=O)/C(C)=C\C)OC(=O)c2ccccc21. The predicted octanol–water partition coefficient (Wildman–Crippen LogP) is 3.12. The lowest BCUT2D eigenvalue weighted by Gasteiger charge is -2.26. The highest BCUT2D eigenvalue weighted by Gasteiger charge is 2.57. The van der Waals surface area contributed by atoms with E-state index in [2.05, 4.69) is 0 Å². The third-order valence-corrected chi connectivity index (χ3v) is 3.99. The van der Waals surface area contributed by atoms with E-state index in [1.807, 2.05) is 0 Å². The maximum atomic E-state index is 12.9. The van der Waals surface area contributed by atoms with Crippen molar-refractivity contribution in [2.45, 2.75) is 33.3 Å². The summed E-state index contributed by atoms with van der Waals surface area (Å²) in [5, 5.41) is 0. The van der Waals surface area contributed by atoms with E-state index in [1.54, 1.807) is 64.1 Å². The molecule has 0 N–H and O–H groups in total. The molecule has 4 nitrogen and oxygen atoms in total. The van der Waals surface area contributed by atoms with Gasteiger partial charge in [0, 0.05) is 5.56 Å². The lowest BCUT2D eigenvalue weighted by atomic mass is 9.79. The third kappa shape index (κ3) is 2.11. The number of hydrogen-bond donors (Lipinski definition) is 0. The van der Waals surface area contributed by atoms with Gasteiger partial charge in [0.15, 0.2) is 0 Å². The van der Waals surface area contributed by atoms with Crippen LogP contribution < -0.4 is 0 Å². The molecule has 1 aliphatic rings. The number of ether oxygens (including phenoxy) is 1. The molecule has 0 bridgehead atoms. The van der Waals surface area contributed by atoms with Crippen LogP contribution in [0.5, 0.6) is 0 Å². The van der Waals surface area contributed by atoms with Gasteiger partial charge in [-0.15, -0.1) is 0 Å². The van der Waals surface area contributed by atoms with Crippen molar-refractivity contribution >= 4 is 17.5 Å². The number of rotatable bonds is 4. The van der Waals surface area contributed by atoms with Gasteiger partial charge in [-0.05, 0) is 44.9 Å². The maximum Gasteiger partial charge on any atom is 0.340 e. The molecule has 0 atom stereocenters. The molecule has 0 aliphatic carbocycles. The quantitative estimate of drug-likeness (QED) is 0.487. The van der Waals surface area contributed by atoms with E-state index in [1.165, 1.54) is 0 Å². The van der Waals surface area contributed by atoms with E-state index in [-0.39, 0.29) is 5.56 Å². The van der Waals surface area contributed by atoms with Crippen LogP contribution in [0.15, 0.2) is 47.6 Å². The van der Waals surface area contributed by atoms with Crippen molar-refractivity contribution < 1.29 is 19.1 Å². The third-order valence-electron chi connectivity index (χ3n) is 3.99. The highest BCUT2D eigenvalue weighted by molar-refractivity contribution is 6.25. The van der Waals surface area contributed by atoms with Crippen molar-refractivity contribution in [2.75, 3.05) is 0 Å². The molecule has 0 saturated heterocycles. The van der Waals surface area contributed by atoms with E-state index < -0.39 is 23.1 Å². The van der Waals surface area contributed by atoms with Crippen molar-refractivity contribution in [1.82, 2.24) is 0 Å². The zero-order valence-corrected chi connectivity index (χ0v) is 13.1. The van der Waals surface area contributed by atoms with Gasteiger partial charge in [0.05, 0.1) is 5.56 Å². The number of allylic oxidation sites excluding steroid dienone is 2. The van der Waals surface area contributed by atoms with Gasteiger partial charge in [-0.3, -0.25) is 9.59 Å². The summed E-state index contributed by atoms with van der Waals surface area (Å²) in [5.74, 6) is -1.65. The number of cyclic esters (lactones) is 1. The standard InChI is InChI=1S/C18H18O4/c1-5-11(3)15(19)18(16(20)12(4)6-2)14-10-8-7-9-13(14)17(21)22-18/h5-10H,1-4H3/b11-5-,12-6-. The van der Waals surface area contributed by atoms with Gasteiger partial charge in [-0.1, -0.05) is 30.4 Å². The van der Waals surface area contributed by atoms with E-state index in [0.29, 0.717) is 16.7 Å². The number of hydrogen-bond acceptors (Lipinski definition) is 4. The molecule has 1 heterocycles. The largest absolute Gasteiger partial charge is 0.433 e. The zero-order valence-electron chi connectivity index (χ0n) is 13.1. The van der Waals surface area contributed by atoms with Gasteiger partial charge in [0.25, 0.3) is 5.60 Å². The molecule has 0 radical (unpaired) electrons. The van der Waals surface area contributed by atoms with E-state index in [4.69, 9.17) is 4.74 Å². The fourth-order valence-electron chi connectivity index (χ4n) is 2.48. The molecule has 114 valence electrons. The molecular weight excluding hydrogens is 280 g/mol. The van der Waals surface area contributed by atoms with Crippen LogP contribution in [0.25, 0.3) is 0 Å². The lowest BCUT2D eigenvalue weighted by Crippen LogP contribution is -2.45. The van der Waals surface area contributed by atoms with Gasteiger partial charge in [-0.2, -0.15) is 0 Å². The molecule has 0 aromatic heterocycles. The average Bonchev–Trinajstić information content (AvgIpc) is 2.86. The van der Waals surface area contributed by atoms with Crippen molar-refractivity contribution in [3.05, 3.63) is 58.7 Å². The first-order valence-corrected chi connectivity index (χ1v) is 7.08. The number of fused-ring (bicyclic) bond motifs is 1. The van der Waals surface area contributed by atoms with Crippen molar-refractivity contribution in [1.29, 1.82) is 0 Å².